The number of halogens is 1. The minimum atomic E-state index is -0.299. The first-order chi connectivity index (χ1) is 20.7. The van der Waals surface area contributed by atoms with Gasteiger partial charge in [0.05, 0.1) is 18.2 Å². The van der Waals surface area contributed by atoms with E-state index in [9.17, 15) is 10.1 Å². The zero-order valence-corrected chi connectivity index (χ0v) is 26.1. The molecular weight excluding hydrogens is 539 g/mol. The summed E-state index contributed by atoms with van der Waals surface area (Å²) in [5.41, 5.74) is 9.98. The molecule has 0 unspecified atom stereocenters. The van der Waals surface area contributed by atoms with Crippen molar-refractivity contribution in [2.24, 2.45) is 4.99 Å². The summed E-state index contributed by atoms with van der Waals surface area (Å²) in [5, 5.41) is 9.41. The molecule has 1 atom stereocenters. The third-order valence-electron chi connectivity index (χ3n) is 7.64. The maximum Gasteiger partial charge on any atom is 0.409 e. The van der Waals surface area contributed by atoms with Crippen LogP contribution in [0.1, 0.15) is 65.9 Å². The Morgan fingerprint density at radius 1 is 1.28 bits per heavy atom. The highest BCUT2D eigenvalue weighted by Crippen LogP contribution is 2.33. The van der Waals surface area contributed by atoms with Crippen molar-refractivity contribution in [2.75, 3.05) is 26.2 Å². The Balaban J connectivity index is 1.95. The Bertz CT molecular complexity index is 1460. The maximum atomic E-state index is 15.2. The molecule has 3 rings (SSSR count). The number of amides is 1. The number of hydrogen-bond donors (Lipinski definition) is 0. The number of unbranched alkanes of at least 4 members (excludes halogenated alkanes) is 1. The number of aliphatic imine (C=N–C) groups is 1. The molecule has 0 N–H and O–H groups in total. The average Bonchev–Trinajstić information content (AvgIpc) is 3.18. The Morgan fingerprint density at radius 2 is 2.05 bits per heavy atom. The van der Waals surface area contributed by atoms with E-state index in [1.54, 1.807) is 30.2 Å². The second-order valence-electron chi connectivity index (χ2n) is 10.7. The Morgan fingerprint density at radius 3 is 2.70 bits per heavy atom. The third kappa shape index (κ3) is 8.80. The van der Waals surface area contributed by atoms with Crippen LogP contribution in [0.3, 0.4) is 0 Å². The number of piperazine rings is 1. The molecule has 0 aromatic heterocycles. The van der Waals surface area contributed by atoms with Gasteiger partial charge in [-0.1, -0.05) is 36.9 Å². The summed E-state index contributed by atoms with van der Waals surface area (Å²) < 4.78 is 20.5. The molecule has 2 aliphatic rings. The van der Waals surface area contributed by atoms with Gasteiger partial charge >= 0.3 is 6.09 Å². The van der Waals surface area contributed by atoms with Crippen molar-refractivity contribution < 1.29 is 13.9 Å². The van der Waals surface area contributed by atoms with E-state index in [2.05, 4.69) is 37.1 Å². The van der Waals surface area contributed by atoms with Gasteiger partial charge in [-0.15, -0.1) is 5.73 Å². The summed E-state index contributed by atoms with van der Waals surface area (Å²) in [4.78, 5) is 21.2. The van der Waals surface area contributed by atoms with Gasteiger partial charge in [-0.25, -0.2) is 9.18 Å². The molecule has 0 bridgehead atoms. The summed E-state index contributed by atoms with van der Waals surface area (Å²) in [7, 11) is 0. The fourth-order valence-corrected chi connectivity index (χ4v) is 5.61. The van der Waals surface area contributed by atoms with Gasteiger partial charge in [-0.05, 0) is 95.2 Å². The molecule has 1 aliphatic carbocycles. The molecule has 1 heterocycles. The first-order valence-corrected chi connectivity index (χ1v) is 15.0. The Hall–Kier alpha value is -4.40. The summed E-state index contributed by atoms with van der Waals surface area (Å²) >= 11 is 0. The number of allylic oxidation sites excluding steroid dienone is 9. The summed E-state index contributed by atoms with van der Waals surface area (Å²) in [6.45, 7) is 15.8. The van der Waals surface area contributed by atoms with Crippen LogP contribution < -0.4 is 0 Å². The molecule has 0 saturated carbocycles. The van der Waals surface area contributed by atoms with Crippen molar-refractivity contribution in [3.63, 3.8) is 0 Å². The summed E-state index contributed by atoms with van der Waals surface area (Å²) in [5.74, 6) is -0.296. The smallest absolute Gasteiger partial charge is 0.409 e. The summed E-state index contributed by atoms with van der Waals surface area (Å²) in [6.07, 6.45) is 12.0. The van der Waals surface area contributed by atoms with Crippen molar-refractivity contribution in [3.8, 4) is 6.07 Å². The number of ether oxygens (including phenoxy) is 1. The lowest BCUT2D eigenvalue weighted by Crippen LogP contribution is -2.53. The topological polar surface area (TPSA) is 68.9 Å². The van der Waals surface area contributed by atoms with Crippen LogP contribution in [0.2, 0.25) is 0 Å². The first kappa shape index (κ1) is 33.1. The lowest BCUT2D eigenvalue weighted by molar-refractivity contribution is 0.0697. The highest BCUT2D eigenvalue weighted by molar-refractivity contribution is 6.14. The molecule has 1 amide bonds. The Kier molecular flexibility index (Phi) is 12.5. The van der Waals surface area contributed by atoms with Crippen molar-refractivity contribution in [3.05, 3.63) is 106 Å². The first-order valence-electron chi connectivity index (χ1n) is 15.0. The van der Waals surface area contributed by atoms with Crippen molar-refractivity contribution in [1.82, 2.24) is 9.80 Å². The van der Waals surface area contributed by atoms with Crippen LogP contribution in [-0.4, -0.2) is 53.9 Å². The molecule has 0 radical (unpaired) electrons. The molecular formula is C36H43FN4O2. The SMILES string of the molecule is C=CN=C(CCCCC1=C=C(C)C=CC(C#N)=C1)C(/C(=C\C)c1ccccc1F)=C(\C)N1CCN(C(=O)OCC)C[C@@H]1C. The zero-order chi connectivity index (χ0) is 31.4. The van der Waals surface area contributed by atoms with E-state index in [0.717, 1.165) is 53.0 Å². The molecule has 0 spiro atoms. The van der Waals surface area contributed by atoms with Gasteiger partial charge in [0.15, 0.2) is 0 Å². The number of carbonyl (C=O) groups is 1. The van der Waals surface area contributed by atoms with Gasteiger partial charge in [0.25, 0.3) is 0 Å². The monoisotopic (exact) mass is 582 g/mol. The molecule has 1 aliphatic heterocycles. The normalized spacial score (nSPS) is 18.2. The highest BCUT2D eigenvalue weighted by atomic mass is 19.1. The molecule has 1 fully saturated rings. The number of carbonyl (C=O) groups excluding carboxylic acids is 1. The van der Waals surface area contributed by atoms with Crippen LogP contribution in [-0.2, 0) is 4.74 Å². The second kappa shape index (κ2) is 16.3. The Labute approximate surface area is 256 Å². The van der Waals surface area contributed by atoms with E-state index in [4.69, 9.17) is 9.73 Å². The lowest BCUT2D eigenvalue weighted by atomic mass is 9.89. The molecule has 226 valence electrons. The molecule has 43 heavy (non-hydrogen) atoms. The van der Waals surface area contributed by atoms with Crippen LogP contribution in [0.4, 0.5) is 9.18 Å². The highest BCUT2D eigenvalue weighted by Gasteiger charge is 2.30. The number of benzene rings is 1. The quantitative estimate of drug-likeness (QED) is 0.114. The van der Waals surface area contributed by atoms with E-state index in [1.807, 2.05) is 44.2 Å². The predicted octanol–water partition coefficient (Wildman–Crippen LogP) is 8.30. The molecule has 7 heteroatoms. The molecule has 6 nitrogen and oxygen atoms in total. The van der Waals surface area contributed by atoms with Crippen molar-refractivity contribution in [1.29, 1.82) is 5.26 Å². The fourth-order valence-electron chi connectivity index (χ4n) is 5.61. The van der Waals surface area contributed by atoms with Crippen LogP contribution in [0.25, 0.3) is 5.57 Å². The van der Waals surface area contributed by atoms with Crippen LogP contribution in [0, 0.1) is 17.1 Å². The number of nitrogens with zero attached hydrogens (tertiary/aromatic N) is 4. The molecule has 1 saturated heterocycles. The van der Waals surface area contributed by atoms with Crippen molar-refractivity contribution in [2.45, 2.75) is 66.3 Å². The van der Waals surface area contributed by atoms with E-state index in [1.165, 1.54) is 6.07 Å². The van der Waals surface area contributed by atoms with Crippen LogP contribution in [0.5, 0.6) is 0 Å². The van der Waals surface area contributed by atoms with E-state index < -0.39 is 0 Å². The van der Waals surface area contributed by atoms with E-state index in [0.29, 0.717) is 43.8 Å². The van der Waals surface area contributed by atoms with Gasteiger partial charge in [-0.3, -0.25) is 4.99 Å². The standard InChI is InChI=1S/C36H43FN4O2/c1-7-31(32-15-11-12-16-33(32)37)35(28(6)41-21-20-40(25-27(41)5)36(42)43-9-3)34(39-8-2)17-13-10-14-29-22-26(4)18-19-30(23-29)24-38/h7-8,11-12,15-16,18-19,23,27H,2,9-10,13-14,17,20-21,25H2,1,3-6H3/b31-7-,35-28+,39-34?/t27-/m0/s1. The van der Waals surface area contributed by atoms with Crippen molar-refractivity contribution >= 4 is 17.4 Å². The fraction of sp³-hybridized carbons (Fsp3) is 0.389. The van der Waals surface area contributed by atoms with E-state index in [-0.39, 0.29) is 18.0 Å². The minimum Gasteiger partial charge on any atom is -0.450 e. The van der Waals surface area contributed by atoms with Crippen LogP contribution >= 0.6 is 0 Å². The van der Waals surface area contributed by atoms with Gasteiger partial charge in [-0.2, -0.15) is 5.26 Å². The van der Waals surface area contributed by atoms with E-state index >= 15 is 4.39 Å². The predicted molar refractivity (Wildman–Crippen MR) is 173 cm³/mol. The van der Waals surface area contributed by atoms with Crippen LogP contribution in [0.15, 0.2) is 100 Å². The number of rotatable bonds is 11. The average molecular weight is 583 g/mol. The van der Waals surface area contributed by atoms with Gasteiger partial charge in [0, 0.05) is 54.4 Å². The summed E-state index contributed by atoms with van der Waals surface area (Å²) in [6, 6.07) is 9.05. The number of hydrogen-bond acceptors (Lipinski definition) is 5. The molecule has 1 aromatic carbocycles. The largest absolute Gasteiger partial charge is 0.450 e. The van der Waals surface area contributed by atoms with Gasteiger partial charge < -0.3 is 14.5 Å². The minimum absolute atomic E-state index is 0.0174. The number of nitriles is 1. The van der Waals surface area contributed by atoms with Gasteiger partial charge in [0.1, 0.15) is 5.82 Å². The third-order valence-corrected chi connectivity index (χ3v) is 7.64. The lowest BCUT2D eigenvalue weighted by Gasteiger charge is -2.42. The zero-order valence-electron chi connectivity index (χ0n) is 26.1. The second-order valence-corrected chi connectivity index (χ2v) is 10.7. The molecule has 1 aromatic rings. The maximum absolute atomic E-state index is 15.2. The van der Waals surface area contributed by atoms with Gasteiger partial charge in [0.2, 0.25) is 0 Å².